The molecule has 21 heavy (non-hydrogen) atoms. The summed E-state index contributed by atoms with van der Waals surface area (Å²) in [6, 6.07) is 4.16. The molecular weight excluding hydrogens is 278 g/mol. The number of thiazole rings is 1. The van der Waals surface area contributed by atoms with Crippen LogP contribution in [-0.4, -0.2) is 23.1 Å². The minimum atomic E-state index is 0.976. The van der Waals surface area contributed by atoms with E-state index in [0.717, 1.165) is 25.2 Å². The normalized spacial score (nSPS) is 10.7. The average molecular weight is 302 g/mol. The topological polar surface area (TPSA) is 29.0 Å². The van der Waals surface area contributed by atoms with Gasteiger partial charge in [0.25, 0.3) is 0 Å². The summed E-state index contributed by atoms with van der Waals surface area (Å²) in [5, 5.41) is 2.09. The molecule has 0 unspecified atom stereocenters. The minimum absolute atomic E-state index is 0.976. The summed E-state index contributed by atoms with van der Waals surface area (Å²) >= 11 is 1.55. The Kier molecular flexibility index (Phi) is 7.22. The van der Waals surface area contributed by atoms with E-state index in [9.17, 15) is 0 Å². The van der Waals surface area contributed by atoms with Crippen molar-refractivity contribution in [2.45, 2.75) is 45.4 Å². The first-order valence-electron chi connectivity index (χ1n) is 7.85. The van der Waals surface area contributed by atoms with Gasteiger partial charge in [-0.05, 0) is 18.6 Å². The molecule has 0 saturated heterocycles. The molecule has 0 aliphatic rings. The third-order valence-corrected chi connectivity index (χ3v) is 4.20. The fourth-order valence-corrected chi connectivity index (χ4v) is 2.92. The first-order chi connectivity index (χ1) is 10.4. The van der Waals surface area contributed by atoms with Crippen LogP contribution >= 0.6 is 11.3 Å². The highest BCUT2D eigenvalue weighted by atomic mass is 32.1. The zero-order valence-electron chi connectivity index (χ0n) is 12.8. The zero-order chi connectivity index (χ0) is 14.8. The van der Waals surface area contributed by atoms with Gasteiger partial charge in [-0.25, -0.2) is 4.98 Å². The van der Waals surface area contributed by atoms with Crippen molar-refractivity contribution >= 4 is 17.0 Å². The quantitative estimate of drug-likeness (QED) is 0.611. The van der Waals surface area contributed by atoms with E-state index in [0.29, 0.717) is 0 Å². The van der Waals surface area contributed by atoms with Gasteiger partial charge in [0.2, 0.25) is 0 Å². The van der Waals surface area contributed by atoms with Gasteiger partial charge >= 0.3 is 0 Å². The molecule has 1 radical (unpaired) electrons. The molecule has 0 N–H and O–H groups in total. The Labute approximate surface area is 132 Å². The highest BCUT2D eigenvalue weighted by Gasteiger charge is 2.07. The Hall–Kier alpha value is -1.42. The Morgan fingerprint density at radius 3 is 2.81 bits per heavy atom. The second-order valence-electron chi connectivity index (χ2n) is 5.29. The first-order valence-corrected chi connectivity index (χ1v) is 8.73. The SMILES string of the molecule is CCCCCCCN(CCc1cs[c]n1)c1cccnc1. The number of nitrogens with zero attached hydrogens (tertiary/aromatic N) is 3. The van der Waals surface area contributed by atoms with Crippen molar-refractivity contribution < 1.29 is 0 Å². The third kappa shape index (κ3) is 5.84. The molecule has 0 aliphatic carbocycles. The van der Waals surface area contributed by atoms with Crippen LogP contribution in [0, 0.1) is 5.51 Å². The molecule has 3 nitrogen and oxygen atoms in total. The fraction of sp³-hybridized carbons (Fsp3) is 0.529. The summed E-state index contributed by atoms with van der Waals surface area (Å²) < 4.78 is 0. The molecule has 4 heteroatoms. The van der Waals surface area contributed by atoms with Crippen molar-refractivity contribution in [3.05, 3.63) is 41.1 Å². The van der Waals surface area contributed by atoms with Crippen LogP contribution in [0.2, 0.25) is 0 Å². The highest BCUT2D eigenvalue weighted by Crippen LogP contribution is 2.15. The summed E-state index contributed by atoms with van der Waals surface area (Å²) in [6.45, 7) is 4.35. The molecule has 2 aromatic heterocycles. The van der Waals surface area contributed by atoms with Crippen molar-refractivity contribution in [2.24, 2.45) is 0 Å². The Morgan fingerprint density at radius 2 is 2.10 bits per heavy atom. The lowest BCUT2D eigenvalue weighted by molar-refractivity contribution is 0.616. The lowest BCUT2D eigenvalue weighted by Gasteiger charge is -2.24. The standard InChI is InChI=1S/C17H24N3S/c1-2-3-4-5-6-11-20(17-8-7-10-18-13-17)12-9-16-14-21-15-19-16/h7-8,10,13-14H,2-6,9,11-12H2,1H3. The first kappa shape index (κ1) is 16.0. The molecule has 113 valence electrons. The van der Waals surface area contributed by atoms with Crippen molar-refractivity contribution in [1.29, 1.82) is 0 Å². The number of hydrogen-bond acceptors (Lipinski definition) is 4. The van der Waals surface area contributed by atoms with E-state index in [-0.39, 0.29) is 0 Å². The minimum Gasteiger partial charge on any atom is -0.370 e. The van der Waals surface area contributed by atoms with E-state index in [4.69, 9.17) is 0 Å². The maximum atomic E-state index is 4.25. The van der Waals surface area contributed by atoms with E-state index in [2.05, 4.69) is 38.7 Å². The molecule has 0 fully saturated rings. The number of hydrogen-bond donors (Lipinski definition) is 0. The maximum absolute atomic E-state index is 4.25. The van der Waals surface area contributed by atoms with E-state index >= 15 is 0 Å². The van der Waals surface area contributed by atoms with Gasteiger partial charge in [0, 0.05) is 31.1 Å². The Balaban J connectivity index is 1.84. The van der Waals surface area contributed by atoms with Crippen LogP contribution in [0.4, 0.5) is 5.69 Å². The van der Waals surface area contributed by atoms with E-state index in [1.54, 1.807) is 11.3 Å². The van der Waals surface area contributed by atoms with Gasteiger partial charge in [-0.3, -0.25) is 4.98 Å². The summed E-state index contributed by atoms with van der Waals surface area (Å²) in [5.41, 5.74) is 5.27. The van der Waals surface area contributed by atoms with Crippen LogP contribution in [0.3, 0.4) is 0 Å². The molecule has 0 amide bonds. The summed E-state index contributed by atoms with van der Waals surface area (Å²) in [5.74, 6) is 0. The molecule has 0 bridgehead atoms. The number of pyridine rings is 1. The molecule has 2 heterocycles. The van der Waals surface area contributed by atoms with E-state index in [1.165, 1.54) is 37.8 Å². The maximum Gasteiger partial charge on any atom is 0.152 e. The van der Waals surface area contributed by atoms with Crippen LogP contribution in [0.25, 0.3) is 0 Å². The molecule has 2 rings (SSSR count). The number of anilines is 1. The lowest BCUT2D eigenvalue weighted by atomic mass is 10.1. The van der Waals surface area contributed by atoms with Crippen molar-refractivity contribution in [3.8, 4) is 0 Å². The molecule has 2 aromatic rings. The molecule has 0 atom stereocenters. The zero-order valence-corrected chi connectivity index (χ0v) is 13.6. The van der Waals surface area contributed by atoms with Gasteiger partial charge in [0.15, 0.2) is 5.51 Å². The van der Waals surface area contributed by atoms with E-state index in [1.807, 2.05) is 18.5 Å². The Bertz CT molecular complexity index is 470. The van der Waals surface area contributed by atoms with Gasteiger partial charge in [-0.1, -0.05) is 32.6 Å². The van der Waals surface area contributed by atoms with Crippen molar-refractivity contribution in [1.82, 2.24) is 9.97 Å². The van der Waals surface area contributed by atoms with Gasteiger partial charge < -0.3 is 4.90 Å². The van der Waals surface area contributed by atoms with Crippen LogP contribution in [0.5, 0.6) is 0 Å². The molecule has 0 spiro atoms. The van der Waals surface area contributed by atoms with Crippen LogP contribution in [0.1, 0.15) is 44.7 Å². The molecular formula is C17H24N3S. The third-order valence-electron chi connectivity index (χ3n) is 3.62. The number of aromatic nitrogens is 2. The summed E-state index contributed by atoms with van der Waals surface area (Å²) in [7, 11) is 0. The largest absolute Gasteiger partial charge is 0.370 e. The second kappa shape index (κ2) is 9.50. The molecule has 0 aliphatic heterocycles. The summed E-state index contributed by atoms with van der Waals surface area (Å²) in [4.78, 5) is 10.9. The lowest BCUT2D eigenvalue weighted by Crippen LogP contribution is -2.27. The van der Waals surface area contributed by atoms with Crippen LogP contribution < -0.4 is 4.90 Å². The highest BCUT2D eigenvalue weighted by molar-refractivity contribution is 7.07. The van der Waals surface area contributed by atoms with Gasteiger partial charge in [0.05, 0.1) is 17.6 Å². The monoisotopic (exact) mass is 302 g/mol. The van der Waals surface area contributed by atoms with Crippen LogP contribution in [-0.2, 0) is 6.42 Å². The van der Waals surface area contributed by atoms with Crippen molar-refractivity contribution in [3.63, 3.8) is 0 Å². The predicted octanol–water partition coefficient (Wildman–Crippen LogP) is 4.36. The van der Waals surface area contributed by atoms with Crippen molar-refractivity contribution in [2.75, 3.05) is 18.0 Å². The number of rotatable bonds is 10. The predicted molar refractivity (Wildman–Crippen MR) is 89.9 cm³/mol. The smallest absolute Gasteiger partial charge is 0.152 e. The Morgan fingerprint density at radius 1 is 1.19 bits per heavy atom. The second-order valence-corrected chi connectivity index (χ2v) is 5.95. The van der Waals surface area contributed by atoms with Gasteiger partial charge in [-0.15, -0.1) is 11.3 Å². The van der Waals surface area contributed by atoms with Crippen LogP contribution in [0.15, 0.2) is 29.9 Å². The summed E-state index contributed by atoms with van der Waals surface area (Å²) in [6.07, 6.45) is 11.3. The fourth-order valence-electron chi connectivity index (χ4n) is 2.39. The van der Waals surface area contributed by atoms with Gasteiger partial charge in [0.1, 0.15) is 0 Å². The average Bonchev–Trinajstić information content (AvgIpc) is 3.04. The molecule has 0 aromatic carbocycles. The van der Waals surface area contributed by atoms with Gasteiger partial charge in [-0.2, -0.15) is 0 Å². The molecule has 0 saturated carbocycles. The van der Waals surface area contributed by atoms with E-state index < -0.39 is 0 Å². The number of unbranched alkanes of at least 4 members (excludes halogenated alkanes) is 4.